The van der Waals surface area contributed by atoms with Crippen LogP contribution in [0.1, 0.15) is 23.9 Å². The van der Waals surface area contributed by atoms with Crippen LogP contribution in [0.15, 0.2) is 39.4 Å². The summed E-state index contributed by atoms with van der Waals surface area (Å²) < 4.78 is 11.3. The summed E-state index contributed by atoms with van der Waals surface area (Å²) >= 11 is 9.10. The first-order valence-corrected chi connectivity index (χ1v) is 7.26. The highest BCUT2D eigenvalue weighted by Gasteiger charge is 2.14. The maximum atomic E-state index is 12.0. The molecule has 0 fully saturated rings. The summed E-state index contributed by atoms with van der Waals surface area (Å²) in [5, 5.41) is 3.25. The Morgan fingerprint density at radius 3 is 2.85 bits per heavy atom. The van der Waals surface area contributed by atoms with Crippen molar-refractivity contribution < 1.29 is 13.9 Å². The second kappa shape index (κ2) is 6.81. The molecule has 1 aromatic heterocycles. The lowest BCUT2D eigenvalue weighted by atomic mass is 10.2. The van der Waals surface area contributed by atoms with Gasteiger partial charge in [0.2, 0.25) is 0 Å². The Hall–Kier alpha value is -1.46. The highest BCUT2D eigenvalue weighted by molar-refractivity contribution is 9.10. The van der Waals surface area contributed by atoms with Crippen LogP contribution in [-0.2, 0) is 0 Å². The largest absolute Gasteiger partial charge is 0.491 e. The second-order valence-corrected chi connectivity index (χ2v) is 5.26. The van der Waals surface area contributed by atoms with Crippen LogP contribution >= 0.6 is 27.5 Å². The second-order valence-electron chi connectivity index (χ2n) is 4.05. The monoisotopic (exact) mass is 357 g/mol. The summed E-state index contributed by atoms with van der Waals surface area (Å²) in [6, 6.07) is 8.32. The Kier molecular flexibility index (Phi) is 5.09. The number of nitrogens with one attached hydrogen (secondary N) is 1. The summed E-state index contributed by atoms with van der Waals surface area (Å²) in [7, 11) is 0. The predicted octanol–water partition coefficient (Wildman–Crippen LogP) is 4.74. The third-order valence-electron chi connectivity index (χ3n) is 2.45. The fourth-order valence-corrected chi connectivity index (χ4v) is 2.04. The van der Waals surface area contributed by atoms with Gasteiger partial charge in [-0.25, -0.2) is 0 Å². The lowest BCUT2D eigenvalue weighted by Crippen LogP contribution is -2.12. The lowest BCUT2D eigenvalue weighted by molar-refractivity contribution is 0.0995. The molecule has 0 unspecified atom stereocenters. The first-order chi connectivity index (χ1) is 9.60. The van der Waals surface area contributed by atoms with Gasteiger partial charge in [-0.3, -0.25) is 4.79 Å². The molecule has 2 rings (SSSR count). The number of amides is 1. The maximum absolute atomic E-state index is 12.0. The summed E-state index contributed by atoms with van der Waals surface area (Å²) in [5.41, 5.74) is 0.517. The van der Waals surface area contributed by atoms with Crippen LogP contribution in [-0.4, -0.2) is 12.5 Å². The molecule has 0 spiro atoms. The molecule has 0 bridgehead atoms. The van der Waals surface area contributed by atoms with E-state index in [-0.39, 0.29) is 11.7 Å². The minimum Gasteiger partial charge on any atom is -0.491 e. The Labute approximate surface area is 130 Å². The minimum atomic E-state index is -0.362. The van der Waals surface area contributed by atoms with Crippen molar-refractivity contribution in [2.24, 2.45) is 0 Å². The van der Waals surface area contributed by atoms with E-state index in [9.17, 15) is 4.79 Å². The van der Waals surface area contributed by atoms with Gasteiger partial charge < -0.3 is 14.5 Å². The maximum Gasteiger partial charge on any atom is 0.291 e. The molecule has 20 heavy (non-hydrogen) atoms. The Balaban J connectivity index is 2.18. The molecule has 0 aliphatic heterocycles. The van der Waals surface area contributed by atoms with Crippen molar-refractivity contribution in [1.82, 2.24) is 0 Å². The van der Waals surface area contributed by atoms with E-state index in [1.54, 1.807) is 30.3 Å². The van der Waals surface area contributed by atoms with Gasteiger partial charge >= 0.3 is 0 Å². The van der Waals surface area contributed by atoms with Crippen LogP contribution in [0.25, 0.3) is 0 Å². The molecule has 6 heteroatoms. The van der Waals surface area contributed by atoms with Gasteiger partial charge in [0.05, 0.1) is 12.3 Å². The standard InChI is InChI=1S/C14H13BrClNO3/c1-2-7-19-11-4-3-9(16)8-10(11)17-14(18)12-5-6-13(15)20-12/h3-6,8H,2,7H2,1H3,(H,17,18). The number of furan rings is 1. The normalized spacial score (nSPS) is 10.3. The Morgan fingerprint density at radius 2 is 2.20 bits per heavy atom. The molecule has 1 N–H and O–H groups in total. The molecule has 1 amide bonds. The number of rotatable bonds is 5. The molecule has 0 aliphatic carbocycles. The van der Waals surface area contributed by atoms with Crippen LogP contribution in [0.3, 0.4) is 0 Å². The highest BCUT2D eigenvalue weighted by atomic mass is 79.9. The fraction of sp³-hybridized carbons (Fsp3) is 0.214. The molecule has 0 radical (unpaired) electrons. The third-order valence-corrected chi connectivity index (χ3v) is 3.11. The molecule has 0 saturated heterocycles. The van der Waals surface area contributed by atoms with Crippen molar-refractivity contribution in [3.63, 3.8) is 0 Å². The van der Waals surface area contributed by atoms with Gasteiger partial charge in [0.25, 0.3) is 5.91 Å². The quantitative estimate of drug-likeness (QED) is 0.840. The number of carbonyl (C=O) groups excluding carboxylic acids is 1. The summed E-state index contributed by atoms with van der Waals surface area (Å²) in [6.07, 6.45) is 0.876. The SMILES string of the molecule is CCCOc1ccc(Cl)cc1NC(=O)c1ccc(Br)o1. The van der Waals surface area contributed by atoms with E-state index in [0.29, 0.717) is 27.7 Å². The molecule has 0 atom stereocenters. The number of carbonyl (C=O) groups is 1. The number of hydrogen-bond donors (Lipinski definition) is 1. The average molecular weight is 359 g/mol. The fourth-order valence-electron chi connectivity index (χ4n) is 1.56. The first kappa shape index (κ1) is 14.9. The molecule has 1 aromatic carbocycles. The highest BCUT2D eigenvalue weighted by Crippen LogP contribution is 2.29. The van der Waals surface area contributed by atoms with E-state index >= 15 is 0 Å². The molecular formula is C14H13BrClNO3. The van der Waals surface area contributed by atoms with Crippen LogP contribution in [0, 0.1) is 0 Å². The molecule has 2 aromatic rings. The zero-order valence-corrected chi connectivity index (χ0v) is 13.1. The Bertz CT molecular complexity index is 612. The van der Waals surface area contributed by atoms with Gasteiger partial charge in [0, 0.05) is 5.02 Å². The molecule has 0 aliphatic rings. The topological polar surface area (TPSA) is 51.5 Å². The molecular weight excluding hydrogens is 346 g/mol. The molecule has 106 valence electrons. The molecule has 1 heterocycles. The van der Waals surface area contributed by atoms with E-state index in [2.05, 4.69) is 21.2 Å². The van der Waals surface area contributed by atoms with E-state index in [4.69, 9.17) is 20.8 Å². The van der Waals surface area contributed by atoms with E-state index in [0.717, 1.165) is 6.42 Å². The number of ether oxygens (including phenoxy) is 1. The van der Waals surface area contributed by atoms with Gasteiger partial charge in [-0.1, -0.05) is 18.5 Å². The van der Waals surface area contributed by atoms with Crippen molar-refractivity contribution in [1.29, 1.82) is 0 Å². The number of halogens is 2. The summed E-state index contributed by atoms with van der Waals surface area (Å²) in [5.74, 6) is 0.424. The van der Waals surface area contributed by atoms with Crippen molar-refractivity contribution in [2.45, 2.75) is 13.3 Å². The van der Waals surface area contributed by atoms with Gasteiger partial charge in [0.15, 0.2) is 10.4 Å². The van der Waals surface area contributed by atoms with Gasteiger partial charge in [-0.05, 0) is 52.7 Å². The van der Waals surface area contributed by atoms with Gasteiger partial charge in [0.1, 0.15) is 5.75 Å². The summed E-state index contributed by atoms with van der Waals surface area (Å²) in [6.45, 7) is 2.57. The van der Waals surface area contributed by atoms with Crippen molar-refractivity contribution >= 4 is 39.1 Å². The first-order valence-electron chi connectivity index (χ1n) is 6.09. The van der Waals surface area contributed by atoms with Crippen LogP contribution in [0.5, 0.6) is 5.75 Å². The Morgan fingerprint density at radius 1 is 1.40 bits per heavy atom. The number of anilines is 1. The van der Waals surface area contributed by atoms with Gasteiger partial charge in [-0.2, -0.15) is 0 Å². The van der Waals surface area contributed by atoms with Gasteiger partial charge in [-0.15, -0.1) is 0 Å². The van der Waals surface area contributed by atoms with Crippen molar-refractivity contribution in [2.75, 3.05) is 11.9 Å². The average Bonchev–Trinajstić information content (AvgIpc) is 2.85. The zero-order valence-electron chi connectivity index (χ0n) is 10.8. The minimum absolute atomic E-state index is 0.207. The molecule has 4 nitrogen and oxygen atoms in total. The van der Waals surface area contributed by atoms with E-state index in [1.165, 1.54) is 0 Å². The van der Waals surface area contributed by atoms with Crippen LogP contribution in [0.4, 0.5) is 5.69 Å². The smallest absolute Gasteiger partial charge is 0.291 e. The van der Waals surface area contributed by atoms with Crippen LogP contribution < -0.4 is 10.1 Å². The van der Waals surface area contributed by atoms with Crippen LogP contribution in [0.2, 0.25) is 5.02 Å². The van der Waals surface area contributed by atoms with Crippen molar-refractivity contribution in [3.05, 3.63) is 45.8 Å². The van der Waals surface area contributed by atoms with E-state index in [1.807, 2.05) is 6.92 Å². The lowest BCUT2D eigenvalue weighted by Gasteiger charge is -2.11. The molecule has 0 saturated carbocycles. The zero-order chi connectivity index (χ0) is 14.5. The number of hydrogen-bond acceptors (Lipinski definition) is 3. The number of benzene rings is 1. The third kappa shape index (κ3) is 3.77. The summed E-state index contributed by atoms with van der Waals surface area (Å²) in [4.78, 5) is 12.0. The predicted molar refractivity (Wildman–Crippen MR) is 81.6 cm³/mol. The van der Waals surface area contributed by atoms with E-state index < -0.39 is 0 Å². The van der Waals surface area contributed by atoms with Crippen molar-refractivity contribution in [3.8, 4) is 5.75 Å².